The van der Waals surface area contributed by atoms with E-state index in [9.17, 15) is 14.6 Å². The molecular weight excluding hydrogens is 486 g/mol. The van der Waals surface area contributed by atoms with E-state index in [-0.39, 0.29) is 19.0 Å². The number of nitrogens with one attached hydrogen (secondary N) is 1. The first-order chi connectivity index (χ1) is 17.0. The molecule has 1 aromatic carbocycles. The van der Waals surface area contributed by atoms with Crippen LogP contribution < -0.4 is 15.9 Å². The van der Waals surface area contributed by atoms with Crippen LogP contribution in [-0.2, 0) is 18.8 Å². The Balaban J connectivity index is 2.02. The van der Waals surface area contributed by atoms with E-state index in [4.69, 9.17) is 11.6 Å². The number of pyridine rings is 1. The lowest BCUT2D eigenvalue weighted by atomic mass is 10.1. The fourth-order valence-electron chi connectivity index (χ4n) is 3.47. The maximum absolute atomic E-state index is 15.3. The fourth-order valence-corrected chi connectivity index (χ4v) is 3.69. The summed E-state index contributed by atoms with van der Waals surface area (Å²) in [6.07, 6.45) is 8.11. The normalized spacial score (nSPS) is 13.7. The van der Waals surface area contributed by atoms with Gasteiger partial charge in [0.05, 0.1) is 22.7 Å². The lowest BCUT2D eigenvalue weighted by Crippen LogP contribution is -2.31. The van der Waals surface area contributed by atoms with Gasteiger partial charge in [0, 0.05) is 47.6 Å². The summed E-state index contributed by atoms with van der Waals surface area (Å²) in [6, 6.07) is 4.39. The van der Waals surface area contributed by atoms with E-state index in [1.165, 1.54) is 36.8 Å². The van der Waals surface area contributed by atoms with Crippen molar-refractivity contribution < 1.29 is 19.0 Å². The van der Waals surface area contributed by atoms with Gasteiger partial charge >= 0.3 is 0 Å². The van der Waals surface area contributed by atoms with Gasteiger partial charge in [-0.3, -0.25) is 4.98 Å². The molecule has 0 aliphatic rings. The quantitative estimate of drug-likeness (QED) is 0.413. The van der Waals surface area contributed by atoms with Crippen molar-refractivity contribution in [3.8, 4) is 0 Å². The standard InChI is InChI=1S/C27H29ClF2N4O2/c1-5-6-20-24(10-23(30)16(2)19-12-33-26(34-13-19)27(3,4)36)31-14-21(28)25(20)32-11-18-9-17(15-35)7-8-22(18)29/h6-10,12-14,32,35-36H,5,11,15H2,1-4H3/b20-6-,23-16-,24-10+. The number of aliphatic hydroxyl groups excluding tert-OH is 1. The molecule has 0 saturated heterocycles. The molecular formula is C27H29ClF2N4O2. The van der Waals surface area contributed by atoms with Crippen molar-refractivity contribution in [2.24, 2.45) is 0 Å². The van der Waals surface area contributed by atoms with Crippen LogP contribution in [-0.4, -0.2) is 25.2 Å². The number of halogens is 3. The number of anilines is 1. The molecule has 0 bridgehead atoms. The van der Waals surface area contributed by atoms with Crippen molar-refractivity contribution in [1.82, 2.24) is 15.0 Å². The molecule has 0 aliphatic carbocycles. The highest BCUT2D eigenvalue weighted by atomic mass is 35.5. The largest absolute Gasteiger partial charge is 0.392 e. The summed E-state index contributed by atoms with van der Waals surface area (Å²) in [4.78, 5) is 12.6. The van der Waals surface area contributed by atoms with Gasteiger partial charge in [0.2, 0.25) is 0 Å². The Morgan fingerprint density at radius 1 is 1.17 bits per heavy atom. The van der Waals surface area contributed by atoms with Crippen LogP contribution in [0.4, 0.5) is 14.5 Å². The van der Waals surface area contributed by atoms with Crippen LogP contribution in [0.25, 0.3) is 17.7 Å². The molecule has 2 heterocycles. The Kier molecular flexibility index (Phi) is 8.89. The molecule has 0 atom stereocenters. The van der Waals surface area contributed by atoms with Gasteiger partial charge in [-0.15, -0.1) is 0 Å². The Morgan fingerprint density at radius 2 is 1.86 bits per heavy atom. The summed E-state index contributed by atoms with van der Waals surface area (Å²) < 4.78 is 29.6. The Bertz CT molecular complexity index is 1380. The van der Waals surface area contributed by atoms with E-state index in [1.807, 2.05) is 13.0 Å². The number of hydrogen-bond acceptors (Lipinski definition) is 6. The van der Waals surface area contributed by atoms with Gasteiger partial charge in [0.15, 0.2) is 5.82 Å². The number of rotatable bonds is 8. The fraction of sp³-hybridized carbons (Fsp3) is 0.296. The number of aromatic nitrogens is 3. The second-order valence-corrected chi connectivity index (χ2v) is 9.21. The summed E-state index contributed by atoms with van der Waals surface area (Å²) in [5.74, 6) is -0.720. The van der Waals surface area contributed by atoms with Crippen molar-refractivity contribution in [3.05, 3.63) is 86.5 Å². The highest BCUT2D eigenvalue weighted by Gasteiger charge is 2.19. The van der Waals surface area contributed by atoms with Gasteiger partial charge in [-0.1, -0.05) is 30.7 Å². The van der Waals surface area contributed by atoms with Crippen LogP contribution in [0.3, 0.4) is 0 Å². The molecule has 3 aromatic rings. The average molecular weight is 515 g/mol. The van der Waals surface area contributed by atoms with Gasteiger partial charge in [-0.2, -0.15) is 0 Å². The van der Waals surface area contributed by atoms with Crippen LogP contribution in [0.1, 0.15) is 56.6 Å². The monoisotopic (exact) mass is 514 g/mol. The minimum atomic E-state index is -1.20. The Morgan fingerprint density at radius 3 is 2.47 bits per heavy atom. The third kappa shape index (κ3) is 6.51. The molecule has 6 nitrogen and oxygen atoms in total. The maximum Gasteiger partial charge on any atom is 0.159 e. The molecule has 0 unspecified atom stereocenters. The lowest BCUT2D eigenvalue weighted by molar-refractivity contribution is 0.0686. The lowest BCUT2D eigenvalue weighted by Gasteiger charge is -2.15. The minimum Gasteiger partial charge on any atom is -0.392 e. The van der Waals surface area contributed by atoms with Crippen molar-refractivity contribution in [1.29, 1.82) is 0 Å². The number of benzene rings is 1. The van der Waals surface area contributed by atoms with E-state index >= 15 is 4.39 Å². The smallest absolute Gasteiger partial charge is 0.159 e. The number of aliphatic hydroxyl groups is 2. The van der Waals surface area contributed by atoms with Crippen LogP contribution in [0.2, 0.25) is 5.02 Å². The van der Waals surface area contributed by atoms with E-state index < -0.39 is 17.2 Å². The number of allylic oxidation sites excluding steroid dienone is 2. The van der Waals surface area contributed by atoms with Crippen LogP contribution >= 0.6 is 11.6 Å². The first-order valence-electron chi connectivity index (χ1n) is 11.4. The number of nitrogens with zero attached hydrogens (tertiary/aromatic N) is 3. The highest BCUT2D eigenvalue weighted by molar-refractivity contribution is 6.33. The predicted molar refractivity (Wildman–Crippen MR) is 138 cm³/mol. The zero-order valence-electron chi connectivity index (χ0n) is 20.6. The maximum atomic E-state index is 15.3. The zero-order valence-corrected chi connectivity index (χ0v) is 21.4. The van der Waals surface area contributed by atoms with E-state index in [2.05, 4.69) is 20.3 Å². The van der Waals surface area contributed by atoms with Crippen molar-refractivity contribution in [3.63, 3.8) is 0 Å². The second-order valence-electron chi connectivity index (χ2n) is 8.80. The molecule has 0 amide bonds. The SMILES string of the molecule is CC\C=c1/c(NCc2cc(CO)ccc2F)c(Cl)cn/c1=C/C(F)=C(\C)c1cnc(C(C)(C)O)nc1. The third-order valence-electron chi connectivity index (χ3n) is 5.51. The minimum absolute atomic E-state index is 0.107. The van der Waals surface area contributed by atoms with Gasteiger partial charge in [-0.05, 0) is 50.5 Å². The van der Waals surface area contributed by atoms with Crippen LogP contribution in [0, 0.1) is 5.82 Å². The second kappa shape index (κ2) is 11.7. The van der Waals surface area contributed by atoms with E-state index in [1.54, 1.807) is 26.8 Å². The molecule has 0 saturated carbocycles. The van der Waals surface area contributed by atoms with Crippen LogP contribution in [0.15, 0.2) is 42.6 Å². The molecule has 0 radical (unpaired) electrons. The summed E-state index contributed by atoms with van der Waals surface area (Å²) in [5.41, 5.74) is 1.00. The Hall–Kier alpha value is -3.20. The molecule has 190 valence electrons. The molecule has 3 rings (SSSR count). The summed E-state index contributed by atoms with van der Waals surface area (Å²) in [7, 11) is 0. The molecule has 3 N–H and O–H groups in total. The van der Waals surface area contributed by atoms with Gasteiger partial charge < -0.3 is 15.5 Å². The average Bonchev–Trinajstić information content (AvgIpc) is 2.85. The van der Waals surface area contributed by atoms with Crippen molar-refractivity contribution in [2.45, 2.75) is 52.9 Å². The first kappa shape index (κ1) is 27.4. The zero-order chi connectivity index (χ0) is 26.5. The van der Waals surface area contributed by atoms with Crippen molar-refractivity contribution >= 4 is 35.0 Å². The molecule has 0 fully saturated rings. The molecule has 0 spiro atoms. The Labute approximate surface area is 213 Å². The predicted octanol–water partition coefficient (Wildman–Crippen LogP) is 4.37. The first-order valence-corrected chi connectivity index (χ1v) is 11.8. The third-order valence-corrected chi connectivity index (χ3v) is 5.80. The summed E-state index contributed by atoms with van der Waals surface area (Å²) in [6.45, 7) is 6.57. The number of hydrogen-bond donors (Lipinski definition) is 3. The summed E-state index contributed by atoms with van der Waals surface area (Å²) >= 11 is 6.41. The van der Waals surface area contributed by atoms with E-state index in [0.29, 0.717) is 50.0 Å². The molecule has 0 aliphatic heterocycles. The topological polar surface area (TPSA) is 91.2 Å². The van der Waals surface area contributed by atoms with E-state index in [0.717, 1.165) is 0 Å². The molecule has 36 heavy (non-hydrogen) atoms. The van der Waals surface area contributed by atoms with Crippen molar-refractivity contribution in [2.75, 3.05) is 5.32 Å². The van der Waals surface area contributed by atoms with Gasteiger partial charge in [0.25, 0.3) is 0 Å². The van der Waals surface area contributed by atoms with Crippen LogP contribution in [0.5, 0.6) is 0 Å². The molecule has 2 aromatic heterocycles. The van der Waals surface area contributed by atoms with Gasteiger partial charge in [0.1, 0.15) is 17.2 Å². The molecule has 9 heteroatoms. The highest BCUT2D eigenvalue weighted by Crippen LogP contribution is 2.22. The van der Waals surface area contributed by atoms with Gasteiger partial charge in [-0.25, -0.2) is 18.7 Å². The summed E-state index contributed by atoms with van der Waals surface area (Å²) in [5, 5.41) is 23.8.